The van der Waals surface area contributed by atoms with Gasteiger partial charge in [0.2, 0.25) is 0 Å². The molecule has 1 aromatic carbocycles. The molecular formula is C16H26N2S. The van der Waals surface area contributed by atoms with Crippen molar-refractivity contribution < 1.29 is 0 Å². The molecule has 2 atom stereocenters. The fraction of sp³-hybridized carbons (Fsp3) is 0.625. The summed E-state index contributed by atoms with van der Waals surface area (Å²) in [5.41, 5.74) is 7.36. The van der Waals surface area contributed by atoms with E-state index in [9.17, 15) is 0 Å². The second-order valence-corrected chi connectivity index (χ2v) is 6.89. The maximum absolute atomic E-state index is 6.03. The van der Waals surface area contributed by atoms with Crippen molar-refractivity contribution in [2.45, 2.75) is 37.6 Å². The van der Waals surface area contributed by atoms with Crippen molar-refractivity contribution in [2.75, 3.05) is 25.4 Å². The van der Waals surface area contributed by atoms with Crippen LogP contribution in [-0.2, 0) is 0 Å². The predicted octanol–water partition coefficient (Wildman–Crippen LogP) is 3.15. The Kier molecular flexibility index (Phi) is 5.74. The van der Waals surface area contributed by atoms with Gasteiger partial charge in [0.05, 0.1) is 0 Å². The van der Waals surface area contributed by atoms with Gasteiger partial charge in [0.25, 0.3) is 0 Å². The van der Waals surface area contributed by atoms with Gasteiger partial charge in [0.1, 0.15) is 0 Å². The third-order valence-electron chi connectivity index (χ3n) is 3.98. The molecule has 1 heterocycles. The average Bonchev–Trinajstić information content (AvgIpc) is 2.41. The van der Waals surface area contributed by atoms with E-state index in [1.54, 1.807) is 0 Å². The molecule has 2 unspecified atom stereocenters. The van der Waals surface area contributed by atoms with Gasteiger partial charge in [-0.1, -0.05) is 17.7 Å². The smallest absolute Gasteiger partial charge is 0.0108 e. The molecule has 19 heavy (non-hydrogen) atoms. The zero-order chi connectivity index (χ0) is 13.7. The molecule has 106 valence electrons. The monoisotopic (exact) mass is 278 g/mol. The van der Waals surface area contributed by atoms with E-state index in [0.717, 1.165) is 0 Å². The fourth-order valence-electron chi connectivity index (χ4n) is 2.65. The lowest BCUT2D eigenvalue weighted by molar-refractivity contribution is 0.169. The minimum absolute atomic E-state index is 0.340. The summed E-state index contributed by atoms with van der Waals surface area (Å²) < 4.78 is 0. The number of benzene rings is 1. The maximum atomic E-state index is 6.03. The Morgan fingerprint density at radius 2 is 2.11 bits per heavy atom. The van der Waals surface area contributed by atoms with Crippen LogP contribution in [0, 0.1) is 12.8 Å². The van der Waals surface area contributed by atoms with E-state index in [0.29, 0.717) is 12.0 Å². The van der Waals surface area contributed by atoms with Gasteiger partial charge in [0, 0.05) is 29.8 Å². The van der Waals surface area contributed by atoms with Crippen molar-refractivity contribution in [3.8, 4) is 0 Å². The molecule has 2 N–H and O–H groups in total. The summed E-state index contributed by atoms with van der Waals surface area (Å²) in [5, 5.41) is 0. The number of piperidine rings is 1. The third-order valence-corrected chi connectivity index (χ3v) is 4.97. The number of aryl methyl sites for hydroxylation is 1. The molecule has 1 aliphatic rings. The highest BCUT2D eigenvalue weighted by Crippen LogP contribution is 2.21. The molecule has 2 nitrogen and oxygen atoms in total. The highest BCUT2D eigenvalue weighted by atomic mass is 32.2. The SMILES string of the molecule is Cc1ccc(SCCN2CCCC(C(C)N)C2)cc1. The lowest BCUT2D eigenvalue weighted by atomic mass is 9.92. The van der Waals surface area contributed by atoms with Crippen molar-refractivity contribution >= 4 is 11.8 Å². The van der Waals surface area contributed by atoms with E-state index in [1.165, 1.54) is 48.7 Å². The van der Waals surface area contributed by atoms with Crippen molar-refractivity contribution in [1.29, 1.82) is 0 Å². The normalized spacial score (nSPS) is 22.4. The zero-order valence-electron chi connectivity index (χ0n) is 12.1. The van der Waals surface area contributed by atoms with Crippen molar-refractivity contribution in [3.63, 3.8) is 0 Å². The Labute approximate surface area is 121 Å². The minimum Gasteiger partial charge on any atom is -0.328 e. The lowest BCUT2D eigenvalue weighted by Gasteiger charge is -2.34. The first-order valence-corrected chi connectivity index (χ1v) is 8.31. The summed E-state index contributed by atoms with van der Waals surface area (Å²) in [6.45, 7) is 7.90. The highest BCUT2D eigenvalue weighted by molar-refractivity contribution is 7.99. The van der Waals surface area contributed by atoms with E-state index < -0.39 is 0 Å². The van der Waals surface area contributed by atoms with Crippen LogP contribution in [0.3, 0.4) is 0 Å². The first-order chi connectivity index (χ1) is 9.15. The van der Waals surface area contributed by atoms with E-state index in [2.05, 4.69) is 43.0 Å². The van der Waals surface area contributed by atoms with Crippen LogP contribution in [0.25, 0.3) is 0 Å². The van der Waals surface area contributed by atoms with Crippen LogP contribution in [0.2, 0.25) is 0 Å². The van der Waals surface area contributed by atoms with Crippen LogP contribution in [0.15, 0.2) is 29.2 Å². The Bertz CT molecular complexity index is 375. The average molecular weight is 278 g/mol. The number of hydrogen-bond acceptors (Lipinski definition) is 3. The summed E-state index contributed by atoms with van der Waals surface area (Å²) >= 11 is 1.96. The largest absolute Gasteiger partial charge is 0.328 e. The summed E-state index contributed by atoms with van der Waals surface area (Å²) in [6, 6.07) is 9.17. The van der Waals surface area contributed by atoms with Gasteiger partial charge in [-0.05, 0) is 51.3 Å². The standard InChI is InChI=1S/C16H26N2S/c1-13-5-7-16(8-6-13)19-11-10-18-9-3-4-15(12-18)14(2)17/h5-8,14-15H,3-4,9-12,17H2,1-2H3. The van der Waals surface area contributed by atoms with Gasteiger partial charge in [-0.3, -0.25) is 0 Å². The number of nitrogens with two attached hydrogens (primary N) is 1. The van der Waals surface area contributed by atoms with Crippen molar-refractivity contribution in [3.05, 3.63) is 29.8 Å². The first kappa shape index (κ1) is 14.9. The molecule has 0 spiro atoms. The number of likely N-dealkylation sites (tertiary alicyclic amines) is 1. The molecule has 0 saturated carbocycles. The Morgan fingerprint density at radius 3 is 2.79 bits per heavy atom. The summed E-state index contributed by atoms with van der Waals surface area (Å²) in [5.74, 6) is 1.87. The Morgan fingerprint density at radius 1 is 1.37 bits per heavy atom. The second-order valence-electron chi connectivity index (χ2n) is 5.72. The molecule has 2 rings (SSSR count). The molecule has 1 aromatic rings. The first-order valence-electron chi connectivity index (χ1n) is 7.32. The third kappa shape index (κ3) is 4.83. The minimum atomic E-state index is 0.340. The van der Waals surface area contributed by atoms with Crippen molar-refractivity contribution in [2.24, 2.45) is 11.7 Å². The topological polar surface area (TPSA) is 29.3 Å². The molecule has 0 aliphatic carbocycles. The van der Waals surface area contributed by atoms with Crippen LogP contribution in [-0.4, -0.2) is 36.3 Å². The Balaban J connectivity index is 1.72. The number of nitrogens with zero attached hydrogens (tertiary/aromatic N) is 1. The lowest BCUT2D eigenvalue weighted by Crippen LogP contribution is -2.43. The van der Waals surface area contributed by atoms with Gasteiger partial charge in [-0.2, -0.15) is 0 Å². The van der Waals surface area contributed by atoms with E-state index in [-0.39, 0.29) is 0 Å². The predicted molar refractivity (Wildman–Crippen MR) is 84.7 cm³/mol. The van der Waals surface area contributed by atoms with Crippen LogP contribution in [0.1, 0.15) is 25.3 Å². The molecule has 1 fully saturated rings. The van der Waals surface area contributed by atoms with Gasteiger partial charge in [-0.15, -0.1) is 11.8 Å². The van der Waals surface area contributed by atoms with Crippen molar-refractivity contribution in [1.82, 2.24) is 4.90 Å². The maximum Gasteiger partial charge on any atom is 0.0108 e. The summed E-state index contributed by atoms with van der Waals surface area (Å²) in [7, 11) is 0. The molecule has 1 saturated heterocycles. The highest BCUT2D eigenvalue weighted by Gasteiger charge is 2.22. The fourth-order valence-corrected chi connectivity index (χ4v) is 3.56. The number of thioether (sulfide) groups is 1. The molecule has 0 aromatic heterocycles. The molecule has 0 amide bonds. The summed E-state index contributed by atoms with van der Waals surface area (Å²) in [6.07, 6.45) is 2.61. The van der Waals surface area contributed by atoms with E-state index in [1.807, 2.05) is 11.8 Å². The van der Waals surface area contributed by atoms with Crippen LogP contribution < -0.4 is 5.73 Å². The van der Waals surface area contributed by atoms with E-state index >= 15 is 0 Å². The number of rotatable bonds is 5. The zero-order valence-corrected chi connectivity index (χ0v) is 13.0. The second kappa shape index (κ2) is 7.32. The molecule has 0 radical (unpaired) electrons. The van der Waals surface area contributed by atoms with Crippen LogP contribution in [0.5, 0.6) is 0 Å². The summed E-state index contributed by atoms with van der Waals surface area (Å²) in [4.78, 5) is 3.96. The van der Waals surface area contributed by atoms with Gasteiger partial charge in [0.15, 0.2) is 0 Å². The molecule has 3 heteroatoms. The van der Waals surface area contributed by atoms with Gasteiger partial charge >= 0.3 is 0 Å². The number of hydrogen-bond donors (Lipinski definition) is 1. The van der Waals surface area contributed by atoms with Crippen LogP contribution in [0.4, 0.5) is 0 Å². The molecule has 0 bridgehead atoms. The molecule has 1 aliphatic heterocycles. The van der Waals surface area contributed by atoms with E-state index in [4.69, 9.17) is 5.73 Å². The van der Waals surface area contributed by atoms with Crippen LogP contribution >= 0.6 is 11.8 Å². The molecular weight excluding hydrogens is 252 g/mol. The van der Waals surface area contributed by atoms with Gasteiger partial charge in [-0.25, -0.2) is 0 Å². The van der Waals surface area contributed by atoms with Gasteiger partial charge < -0.3 is 10.6 Å². The Hall–Kier alpha value is -0.510. The quantitative estimate of drug-likeness (QED) is 0.839.